The zero-order valence-electron chi connectivity index (χ0n) is 17.8. The van der Waals surface area contributed by atoms with Gasteiger partial charge in [-0.2, -0.15) is 0 Å². The smallest absolute Gasteiger partial charge is 0.148 e. The van der Waals surface area contributed by atoms with Gasteiger partial charge in [0.05, 0.1) is 10.7 Å². The van der Waals surface area contributed by atoms with E-state index in [1.807, 2.05) is 12.1 Å². The molecule has 1 saturated carbocycles. The molecule has 0 radical (unpaired) electrons. The van der Waals surface area contributed by atoms with E-state index in [-0.39, 0.29) is 5.82 Å². The number of aromatic nitrogens is 2. The Hall–Kier alpha value is -2.50. The van der Waals surface area contributed by atoms with Crippen LogP contribution in [-0.2, 0) is 12.8 Å². The van der Waals surface area contributed by atoms with Crippen LogP contribution in [0.25, 0.3) is 11.3 Å². The molecule has 2 atom stereocenters. The first kappa shape index (κ1) is 20.1. The maximum atomic E-state index is 13.6. The van der Waals surface area contributed by atoms with E-state index in [1.165, 1.54) is 62.0 Å². The standard InChI is InChI=1S/C26H26ClFN4/c27-24-6-5-20(28)13-23(24)25-7-8-26(31-30-25)29-21-9-18-14-32(15-19(18)10-21)22-11-16-3-1-2-4-17(16)12-22/h1-8,13,18-19,21-22H,9-12,14-15H2,(H,29,31). The SMILES string of the molecule is Fc1ccc(Cl)c(-c2ccc(NC3CC4CN(C5Cc6ccccc6C5)CC4C3)nn2)c1. The Bertz CT molecular complexity index is 1100. The van der Waals surface area contributed by atoms with Crippen LogP contribution in [0, 0.1) is 17.7 Å². The average molecular weight is 449 g/mol. The van der Waals surface area contributed by atoms with Crippen LogP contribution in [-0.4, -0.2) is 40.3 Å². The fourth-order valence-electron chi connectivity index (χ4n) is 6.00. The van der Waals surface area contributed by atoms with Gasteiger partial charge >= 0.3 is 0 Å². The van der Waals surface area contributed by atoms with Crippen molar-refractivity contribution in [1.82, 2.24) is 15.1 Å². The number of likely N-dealkylation sites (tertiary alicyclic amines) is 1. The predicted molar refractivity (Wildman–Crippen MR) is 125 cm³/mol. The molecule has 6 rings (SSSR count). The van der Waals surface area contributed by atoms with Gasteiger partial charge in [0.15, 0.2) is 0 Å². The summed E-state index contributed by atoms with van der Waals surface area (Å²) in [5.41, 5.74) is 4.22. The van der Waals surface area contributed by atoms with Gasteiger partial charge < -0.3 is 5.32 Å². The highest BCUT2D eigenvalue weighted by Gasteiger charge is 2.43. The van der Waals surface area contributed by atoms with Gasteiger partial charge in [-0.05, 0) is 79.0 Å². The second-order valence-electron chi connectivity index (χ2n) is 9.55. The maximum absolute atomic E-state index is 13.6. The fourth-order valence-corrected chi connectivity index (χ4v) is 6.22. The van der Waals surface area contributed by atoms with Gasteiger partial charge in [-0.3, -0.25) is 4.90 Å². The number of hydrogen-bond donors (Lipinski definition) is 1. The third-order valence-corrected chi connectivity index (χ3v) is 7.88. The third kappa shape index (κ3) is 3.78. The Kier molecular flexibility index (Phi) is 5.11. The van der Waals surface area contributed by atoms with Gasteiger partial charge in [0.2, 0.25) is 0 Å². The summed E-state index contributed by atoms with van der Waals surface area (Å²) < 4.78 is 13.6. The van der Waals surface area contributed by atoms with Crippen molar-refractivity contribution >= 4 is 17.4 Å². The van der Waals surface area contributed by atoms with E-state index in [0.29, 0.717) is 28.4 Å². The number of fused-ring (bicyclic) bond motifs is 2. The van der Waals surface area contributed by atoms with Crippen molar-refractivity contribution < 1.29 is 4.39 Å². The van der Waals surface area contributed by atoms with Crippen molar-refractivity contribution in [2.24, 2.45) is 11.8 Å². The van der Waals surface area contributed by atoms with E-state index in [1.54, 1.807) is 6.07 Å². The molecule has 0 amide bonds. The lowest BCUT2D eigenvalue weighted by Gasteiger charge is -2.25. The summed E-state index contributed by atoms with van der Waals surface area (Å²) >= 11 is 6.19. The number of nitrogens with one attached hydrogen (secondary N) is 1. The molecule has 1 saturated heterocycles. The normalized spacial score (nSPS) is 25.1. The highest BCUT2D eigenvalue weighted by atomic mass is 35.5. The first-order valence-electron chi connectivity index (χ1n) is 11.5. The summed E-state index contributed by atoms with van der Waals surface area (Å²) in [6, 6.07) is 18.1. The second kappa shape index (κ2) is 8.13. The molecular weight excluding hydrogens is 423 g/mol. The average Bonchev–Trinajstić information content (AvgIpc) is 3.48. The van der Waals surface area contributed by atoms with Crippen LogP contribution < -0.4 is 5.32 Å². The molecule has 2 aliphatic carbocycles. The number of benzene rings is 2. The Morgan fingerprint density at radius 1 is 0.906 bits per heavy atom. The molecule has 0 spiro atoms. The second-order valence-corrected chi connectivity index (χ2v) is 9.95. The fraction of sp³-hybridized carbons (Fsp3) is 0.385. The molecular formula is C26H26ClFN4. The minimum absolute atomic E-state index is 0.332. The highest BCUT2D eigenvalue weighted by molar-refractivity contribution is 6.33. The molecule has 3 aromatic rings. The van der Waals surface area contributed by atoms with Crippen molar-refractivity contribution in [2.75, 3.05) is 18.4 Å². The lowest BCUT2D eigenvalue weighted by Crippen LogP contribution is -2.35. The molecule has 2 unspecified atom stereocenters. The number of halogens is 2. The van der Waals surface area contributed by atoms with E-state index >= 15 is 0 Å². The number of anilines is 1. The van der Waals surface area contributed by atoms with Crippen molar-refractivity contribution in [3.8, 4) is 11.3 Å². The molecule has 2 aromatic carbocycles. The van der Waals surface area contributed by atoms with Crippen molar-refractivity contribution in [1.29, 1.82) is 0 Å². The monoisotopic (exact) mass is 448 g/mol. The molecule has 164 valence electrons. The maximum Gasteiger partial charge on any atom is 0.148 e. The Morgan fingerprint density at radius 3 is 2.28 bits per heavy atom. The van der Waals surface area contributed by atoms with Crippen LogP contribution in [0.5, 0.6) is 0 Å². The van der Waals surface area contributed by atoms with E-state index in [2.05, 4.69) is 44.7 Å². The number of hydrogen-bond acceptors (Lipinski definition) is 4. The topological polar surface area (TPSA) is 41.0 Å². The summed E-state index contributed by atoms with van der Waals surface area (Å²) in [5.74, 6) is 1.96. The molecule has 2 fully saturated rings. The van der Waals surface area contributed by atoms with Gasteiger partial charge in [0, 0.05) is 30.7 Å². The molecule has 1 aromatic heterocycles. The zero-order valence-corrected chi connectivity index (χ0v) is 18.6. The van der Waals surface area contributed by atoms with Crippen molar-refractivity contribution in [2.45, 2.75) is 37.8 Å². The largest absolute Gasteiger partial charge is 0.366 e. The van der Waals surface area contributed by atoms with Gasteiger partial charge in [-0.1, -0.05) is 35.9 Å². The first-order valence-corrected chi connectivity index (χ1v) is 11.9. The number of nitrogens with zero attached hydrogens (tertiary/aromatic N) is 3. The third-order valence-electron chi connectivity index (χ3n) is 7.55. The van der Waals surface area contributed by atoms with Crippen molar-refractivity contribution in [3.05, 3.63) is 76.6 Å². The Balaban J connectivity index is 1.05. The van der Waals surface area contributed by atoms with Crippen LogP contribution in [0.4, 0.5) is 10.2 Å². The summed E-state index contributed by atoms with van der Waals surface area (Å²) in [7, 11) is 0. The van der Waals surface area contributed by atoms with Crippen LogP contribution in [0.3, 0.4) is 0 Å². The van der Waals surface area contributed by atoms with Gasteiger partial charge in [-0.25, -0.2) is 4.39 Å². The summed E-state index contributed by atoms with van der Waals surface area (Å²) in [4.78, 5) is 2.74. The summed E-state index contributed by atoms with van der Waals surface area (Å²) in [6.45, 7) is 2.42. The Labute approximate surface area is 192 Å². The molecule has 4 nitrogen and oxygen atoms in total. The van der Waals surface area contributed by atoms with Crippen LogP contribution in [0.15, 0.2) is 54.6 Å². The van der Waals surface area contributed by atoms with E-state index in [9.17, 15) is 4.39 Å². The van der Waals surface area contributed by atoms with Crippen LogP contribution in [0.1, 0.15) is 24.0 Å². The van der Waals surface area contributed by atoms with E-state index < -0.39 is 0 Å². The minimum Gasteiger partial charge on any atom is -0.366 e. The van der Waals surface area contributed by atoms with E-state index in [4.69, 9.17) is 11.6 Å². The predicted octanol–water partition coefficient (Wildman–Crippen LogP) is 5.23. The Morgan fingerprint density at radius 2 is 1.62 bits per heavy atom. The minimum atomic E-state index is -0.332. The molecule has 2 heterocycles. The summed E-state index contributed by atoms with van der Waals surface area (Å²) in [5, 5.41) is 12.7. The molecule has 1 aliphatic heterocycles. The van der Waals surface area contributed by atoms with E-state index in [0.717, 1.165) is 17.7 Å². The van der Waals surface area contributed by atoms with Gasteiger partial charge in [-0.15, -0.1) is 10.2 Å². The van der Waals surface area contributed by atoms with Gasteiger partial charge in [0.25, 0.3) is 0 Å². The quantitative estimate of drug-likeness (QED) is 0.593. The zero-order chi connectivity index (χ0) is 21.7. The molecule has 3 aliphatic rings. The molecule has 1 N–H and O–H groups in total. The van der Waals surface area contributed by atoms with Crippen molar-refractivity contribution in [3.63, 3.8) is 0 Å². The lowest BCUT2D eigenvalue weighted by molar-refractivity contribution is 0.230. The van der Waals surface area contributed by atoms with Crippen LogP contribution >= 0.6 is 11.6 Å². The molecule has 6 heteroatoms. The molecule has 0 bridgehead atoms. The molecule has 32 heavy (non-hydrogen) atoms. The first-order chi connectivity index (χ1) is 15.6. The number of rotatable bonds is 4. The highest BCUT2D eigenvalue weighted by Crippen LogP contribution is 2.41. The lowest BCUT2D eigenvalue weighted by atomic mass is 10.0. The summed E-state index contributed by atoms with van der Waals surface area (Å²) in [6.07, 6.45) is 4.77. The van der Waals surface area contributed by atoms with Gasteiger partial charge in [0.1, 0.15) is 11.6 Å². The van der Waals surface area contributed by atoms with Crippen LogP contribution in [0.2, 0.25) is 5.02 Å².